The normalized spacial score (nSPS) is 17.8. The maximum absolute atomic E-state index is 13.7. The number of rotatable bonds is 0. The summed E-state index contributed by atoms with van der Waals surface area (Å²) in [6.45, 7) is 7.45. The van der Waals surface area contributed by atoms with Crippen molar-refractivity contribution in [3.63, 3.8) is 0 Å². The standard InChI is InChI=1S/C13H15FO/c1-8-5-9(2)10-7-12(14)13(3,4)15-11(10)6-8/h5-7H,1-4H3. The highest BCUT2D eigenvalue weighted by atomic mass is 19.1. The third-order valence-corrected chi connectivity index (χ3v) is 2.70. The minimum Gasteiger partial charge on any atom is -0.480 e. The van der Waals surface area contributed by atoms with Crippen LogP contribution in [0.1, 0.15) is 30.5 Å². The molecule has 0 bridgehead atoms. The van der Waals surface area contributed by atoms with Crippen molar-refractivity contribution in [2.24, 2.45) is 0 Å². The lowest BCUT2D eigenvalue weighted by molar-refractivity contribution is 0.118. The van der Waals surface area contributed by atoms with Crippen molar-refractivity contribution in [1.29, 1.82) is 0 Å². The van der Waals surface area contributed by atoms with E-state index in [1.165, 1.54) is 0 Å². The Morgan fingerprint density at radius 2 is 1.87 bits per heavy atom. The number of benzene rings is 1. The summed E-state index contributed by atoms with van der Waals surface area (Å²) in [7, 11) is 0. The number of aryl methyl sites for hydroxylation is 2. The summed E-state index contributed by atoms with van der Waals surface area (Å²) in [4.78, 5) is 0. The summed E-state index contributed by atoms with van der Waals surface area (Å²) in [5, 5.41) is 0. The van der Waals surface area contributed by atoms with Gasteiger partial charge in [0.15, 0.2) is 5.60 Å². The molecule has 1 aliphatic heterocycles. The van der Waals surface area contributed by atoms with E-state index in [1.54, 1.807) is 19.9 Å². The molecule has 0 radical (unpaired) electrons. The fourth-order valence-corrected chi connectivity index (χ4v) is 1.83. The first-order chi connectivity index (χ1) is 6.90. The van der Waals surface area contributed by atoms with Crippen LogP contribution in [0.2, 0.25) is 0 Å². The van der Waals surface area contributed by atoms with Gasteiger partial charge in [-0.3, -0.25) is 0 Å². The van der Waals surface area contributed by atoms with E-state index in [-0.39, 0.29) is 5.83 Å². The second kappa shape index (κ2) is 3.09. The molecule has 1 aromatic rings. The lowest BCUT2D eigenvalue weighted by Crippen LogP contribution is -2.31. The Kier molecular flexibility index (Phi) is 2.10. The Morgan fingerprint density at radius 3 is 2.53 bits per heavy atom. The van der Waals surface area contributed by atoms with Crippen LogP contribution in [0.3, 0.4) is 0 Å². The van der Waals surface area contributed by atoms with E-state index in [0.29, 0.717) is 0 Å². The molecule has 0 saturated carbocycles. The first-order valence-corrected chi connectivity index (χ1v) is 5.08. The molecule has 1 aromatic carbocycles. The summed E-state index contributed by atoms with van der Waals surface area (Å²) < 4.78 is 19.3. The molecular formula is C13H15FO. The molecule has 0 aromatic heterocycles. The molecule has 0 amide bonds. The van der Waals surface area contributed by atoms with Crippen LogP contribution in [0, 0.1) is 13.8 Å². The summed E-state index contributed by atoms with van der Waals surface area (Å²) in [6, 6.07) is 3.98. The summed E-state index contributed by atoms with van der Waals surface area (Å²) in [5.41, 5.74) is 2.21. The van der Waals surface area contributed by atoms with E-state index >= 15 is 0 Å². The van der Waals surface area contributed by atoms with E-state index in [4.69, 9.17) is 4.74 Å². The molecule has 0 fully saturated rings. The molecular weight excluding hydrogens is 191 g/mol. The zero-order valence-electron chi connectivity index (χ0n) is 9.52. The summed E-state index contributed by atoms with van der Waals surface area (Å²) >= 11 is 0. The summed E-state index contributed by atoms with van der Waals surface area (Å²) in [5.74, 6) is 0.556. The Labute approximate surface area is 89.6 Å². The lowest BCUT2D eigenvalue weighted by Gasteiger charge is -2.30. The third kappa shape index (κ3) is 1.65. The molecule has 1 nitrogen and oxygen atoms in total. The number of fused-ring (bicyclic) bond motifs is 1. The molecule has 0 N–H and O–H groups in total. The molecule has 2 heteroatoms. The topological polar surface area (TPSA) is 9.23 Å². The molecule has 15 heavy (non-hydrogen) atoms. The largest absolute Gasteiger partial charge is 0.480 e. The second-order valence-corrected chi connectivity index (χ2v) is 4.60. The van der Waals surface area contributed by atoms with Gasteiger partial charge in [-0.05, 0) is 51.0 Å². The Balaban J connectivity index is 2.62. The van der Waals surface area contributed by atoms with Gasteiger partial charge < -0.3 is 4.74 Å². The average molecular weight is 206 g/mol. The predicted molar refractivity (Wildman–Crippen MR) is 59.7 cm³/mol. The van der Waals surface area contributed by atoms with Gasteiger partial charge in [0.1, 0.15) is 11.6 Å². The van der Waals surface area contributed by atoms with E-state index < -0.39 is 5.60 Å². The Morgan fingerprint density at radius 1 is 1.20 bits per heavy atom. The fraction of sp³-hybridized carbons (Fsp3) is 0.385. The van der Waals surface area contributed by atoms with E-state index in [1.807, 2.05) is 26.0 Å². The van der Waals surface area contributed by atoms with Gasteiger partial charge >= 0.3 is 0 Å². The molecule has 2 rings (SSSR count). The van der Waals surface area contributed by atoms with Crippen LogP contribution in [-0.4, -0.2) is 5.60 Å². The zero-order valence-corrected chi connectivity index (χ0v) is 9.52. The quantitative estimate of drug-likeness (QED) is 0.627. The molecule has 1 aliphatic rings. The van der Waals surface area contributed by atoms with Gasteiger partial charge in [0, 0.05) is 5.56 Å². The Hall–Kier alpha value is -1.31. The van der Waals surface area contributed by atoms with Crippen molar-refractivity contribution in [2.75, 3.05) is 0 Å². The molecule has 0 unspecified atom stereocenters. The molecule has 0 aliphatic carbocycles. The minimum absolute atomic E-state index is 0.220. The van der Waals surface area contributed by atoms with Gasteiger partial charge in [0.05, 0.1) is 0 Å². The van der Waals surface area contributed by atoms with Crippen LogP contribution in [0.25, 0.3) is 6.08 Å². The maximum Gasteiger partial charge on any atom is 0.154 e. The highest BCUT2D eigenvalue weighted by molar-refractivity contribution is 5.66. The Bertz CT molecular complexity index is 444. The van der Waals surface area contributed by atoms with Gasteiger partial charge in [-0.1, -0.05) is 6.07 Å². The van der Waals surface area contributed by atoms with Crippen LogP contribution in [-0.2, 0) is 0 Å². The van der Waals surface area contributed by atoms with E-state index in [9.17, 15) is 4.39 Å². The SMILES string of the molecule is Cc1cc(C)c2c(c1)OC(C)(C)C(F)=C2. The van der Waals surface area contributed by atoms with Gasteiger partial charge in [-0.2, -0.15) is 0 Å². The van der Waals surface area contributed by atoms with Gasteiger partial charge in [0.2, 0.25) is 0 Å². The minimum atomic E-state index is -0.840. The number of ether oxygens (including phenoxy) is 1. The number of hydrogen-bond donors (Lipinski definition) is 0. The van der Waals surface area contributed by atoms with Gasteiger partial charge in [0.25, 0.3) is 0 Å². The highest BCUT2D eigenvalue weighted by Crippen LogP contribution is 2.38. The van der Waals surface area contributed by atoms with Crippen LogP contribution < -0.4 is 4.74 Å². The first kappa shape index (κ1) is 10.2. The predicted octanol–water partition coefficient (Wildman–Crippen LogP) is 3.78. The molecule has 0 atom stereocenters. The van der Waals surface area contributed by atoms with Gasteiger partial charge in [-0.25, -0.2) is 4.39 Å². The summed E-state index contributed by atoms with van der Waals surface area (Å²) in [6.07, 6.45) is 1.58. The van der Waals surface area contributed by atoms with E-state index in [2.05, 4.69) is 0 Å². The molecule has 80 valence electrons. The molecule has 1 heterocycles. The smallest absolute Gasteiger partial charge is 0.154 e. The van der Waals surface area contributed by atoms with Crippen molar-refractivity contribution < 1.29 is 9.13 Å². The van der Waals surface area contributed by atoms with Crippen molar-refractivity contribution >= 4 is 6.08 Å². The van der Waals surface area contributed by atoms with Crippen molar-refractivity contribution in [1.82, 2.24) is 0 Å². The van der Waals surface area contributed by atoms with Crippen molar-refractivity contribution in [3.8, 4) is 5.75 Å². The fourth-order valence-electron chi connectivity index (χ4n) is 1.83. The maximum atomic E-state index is 13.7. The molecule has 0 saturated heterocycles. The van der Waals surface area contributed by atoms with Crippen LogP contribution in [0.4, 0.5) is 4.39 Å². The second-order valence-electron chi connectivity index (χ2n) is 4.60. The average Bonchev–Trinajstić information content (AvgIpc) is 2.08. The highest BCUT2D eigenvalue weighted by Gasteiger charge is 2.31. The first-order valence-electron chi connectivity index (χ1n) is 5.08. The van der Waals surface area contributed by atoms with Crippen LogP contribution >= 0.6 is 0 Å². The van der Waals surface area contributed by atoms with E-state index in [0.717, 1.165) is 22.4 Å². The molecule has 0 spiro atoms. The van der Waals surface area contributed by atoms with Crippen LogP contribution in [0.15, 0.2) is 18.0 Å². The van der Waals surface area contributed by atoms with Crippen LogP contribution in [0.5, 0.6) is 5.75 Å². The number of halogens is 1. The lowest BCUT2D eigenvalue weighted by atomic mass is 9.96. The van der Waals surface area contributed by atoms with Gasteiger partial charge in [-0.15, -0.1) is 0 Å². The van der Waals surface area contributed by atoms with Crippen molar-refractivity contribution in [2.45, 2.75) is 33.3 Å². The zero-order chi connectivity index (χ0) is 11.2. The van der Waals surface area contributed by atoms with Crippen molar-refractivity contribution in [3.05, 3.63) is 34.6 Å². The monoisotopic (exact) mass is 206 g/mol. The number of hydrogen-bond acceptors (Lipinski definition) is 1. The third-order valence-electron chi connectivity index (χ3n) is 2.70.